The molecule has 3 rings (SSSR count). The number of fused-ring (bicyclic) bond motifs is 1. The maximum absolute atomic E-state index is 11.7. The number of thioether (sulfide) groups is 1. The van der Waals surface area contributed by atoms with Crippen molar-refractivity contribution >= 4 is 32.5 Å². The zero-order valence-electron chi connectivity index (χ0n) is 10.4. The minimum Gasteiger partial charge on any atom is -0.495 e. The number of anilines is 1. The smallest absolute Gasteiger partial charge is 0.161 e. The number of nitrogens with zero attached hydrogens (tertiary/aromatic N) is 1. The summed E-state index contributed by atoms with van der Waals surface area (Å²) in [7, 11) is -1.41. The lowest BCUT2D eigenvalue weighted by atomic mass is 10.2. The number of hydrogen-bond acceptors (Lipinski definition) is 5. The van der Waals surface area contributed by atoms with Crippen molar-refractivity contribution in [2.24, 2.45) is 0 Å². The molecule has 0 radical (unpaired) electrons. The van der Waals surface area contributed by atoms with E-state index in [1.54, 1.807) is 12.0 Å². The molecular formula is C12H14N2O3S2. The fourth-order valence-corrected chi connectivity index (χ4v) is 6.40. The predicted octanol–water partition coefficient (Wildman–Crippen LogP) is 1.35. The van der Waals surface area contributed by atoms with Crippen molar-refractivity contribution in [3.63, 3.8) is 0 Å². The van der Waals surface area contributed by atoms with Crippen molar-refractivity contribution in [3.05, 3.63) is 24.3 Å². The summed E-state index contributed by atoms with van der Waals surface area (Å²) < 4.78 is 28.8. The van der Waals surface area contributed by atoms with E-state index in [2.05, 4.69) is 0 Å². The summed E-state index contributed by atoms with van der Waals surface area (Å²) in [4.78, 5) is 1.79. The van der Waals surface area contributed by atoms with Crippen molar-refractivity contribution < 1.29 is 13.2 Å². The number of sulfone groups is 1. The van der Waals surface area contributed by atoms with Gasteiger partial charge in [-0.25, -0.2) is 8.42 Å². The van der Waals surface area contributed by atoms with E-state index < -0.39 is 9.84 Å². The number of para-hydroxylation sites is 2. The fourth-order valence-electron chi connectivity index (χ4n) is 2.62. The third kappa shape index (κ3) is 2.10. The van der Waals surface area contributed by atoms with Crippen LogP contribution in [0.3, 0.4) is 0 Å². The molecule has 5 nitrogen and oxygen atoms in total. The first kappa shape index (κ1) is 12.8. The first-order chi connectivity index (χ1) is 9.02. The number of amidine groups is 1. The molecule has 2 fully saturated rings. The van der Waals surface area contributed by atoms with Crippen LogP contribution in [0.4, 0.5) is 5.69 Å². The van der Waals surface area contributed by atoms with Gasteiger partial charge < -0.3 is 9.64 Å². The van der Waals surface area contributed by atoms with Gasteiger partial charge in [0.25, 0.3) is 0 Å². The van der Waals surface area contributed by atoms with Crippen LogP contribution < -0.4 is 9.64 Å². The van der Waals surface area contributed by atoms with Gasteiger partial charge >= 0.3 is 0 Å². The Morgan fingerprint density at radius 1 is 1.37 bits per heavy atom. The van der Waals surface area contributed by atoms with Crippen molar-refractivity contribution in [2.45, 2.75) is 11.3 Å². The molecule has 2 heterocycles. The normalized spacial score (nSPS) is 28.5. The van der Waals surface area contributed by atoms with E-state index >= 15 is 0 Å². The SMILES string of the molecule is COc1ccccc1N1C(=N)S[C@H]2CS(=O)(=O)C[C@H]21. The van der Waals surface area contributed by atoms with E-state index in [0.29, 0.717) is 10.9 Å². The van der Waals surface area contributed by atoms with Crippen LogP contribution in [-0.4, -0.2) is 43.5 Å². The number of hydrogen-bond donors (Lipinski definition) is 1. The lowest BCUT2D eigenvalue weighted by molar-refractivity contribution is 0.415. The van der Waals surface area contributed by atoms with E-state index in [-0.39, 0.29) is 22.8 Å². The van der Waals surface area contributed by atoms with E-state index in [9.17, 15) is 8.42 Å². The molecule has 0 spiro atoms. The van der Waals surface area contributed by atoms with Gasteiger partial charge in [0.1, 0.15) is 5.75 Å². The molecule has 2 atom stereocenters. The average molecular weight is 298 g/mol. The lowest BCUT2D eigenvalue weighted by Gasteiger charge is -2.25. The number of methoxy groups -OCH3 is 1. The number of ether oxygens (including phenoxy) is 1. The highest BCUT2D eigenvalue weighted by Crippen LogP contribution is 2.42. The summed E-state index contributed by atoms with van der Waals surface area (Å²) in [5, 5.41) is 8.44. The van der Waals surface area contributed by atoms with Crippen LogP contribution in [0.5, 0.6) is 5.75 Å². The van der Waals surface area contributed by atoms with Gasteiger partial charge in [-0.3, -0.25) is 5.41 Å². The quantitative estimate of drug-likeness (QED) is 0.892. The standard InChI is InChI=1S/C12H14N2O3S2/c1-17-10-5-3-2-4-8(10)14-9-6-19(15,16)7-11(9)18-12(14)13/h2-5,9,11,13H,6-7H2,1H3/t9-,11+/m1/s1. The second-order valence-corrected chi connectivity index (χ2v) is 8.03. The summed E-state index contributed by atoms with van der Waals surface area (Å²) in [6.45, 7) is 0. The Hall–Kier alpha value is -1.21. The Labute approximate surface area is 116 Å². The van der Waals surface area contributed by atoms with Gasteiger partial charge in [-0.1, -0.05) is 23.9 Å². The lowest BCUT2D eigenvalue weighted by Crippen LogP contribution is -2.37. The molecule has 19 heavy (non-hydrogen) atoms. The summed E-state index contributed by atoms with van der Waals surface area (Å²) in [6, 6.07) is 7.26. The van der Waals surface area contributed by atoms with Crippen LogP contribution in [-0.2, 0) is 9.84 Å². The maximum atomic E-state index is 11.7. The van der Waals surface area contributed by atoms with Gasteiger partial charge in [0.2, 0.25) is 0 Å². The molecule has 102 valence electrons. The maximum Gasteiger partial charge on any atom is 0.161 e. The Balaban J connectivity index is 2.02. The Morgan fingerprint density at radius 2 is 2.11 bits per heavy atom. The minimum absolute atomic E-state index is 0.0394. The van der Waals surface area contributed by atoms with Crippen molar-refractivity contribution in [1.82, 2.24) is 0 Å². The average Bonchev–Trinajstić information content (AvgIpc) is 2.79. The first-order valence-electron chi connectivity index (χ1n) is 5.90. The highest BCUT2D eigenvalue weighted by atomic mass is 32.2. The summed E-state index contributed by atoms with van der Waals surface area (Å²) >= 11 is 1.34. The van der Waals surface area contributed by atoms with E-state index in [1.807, 2.05) is 24.3 Å². The zero-order valence-corrected chi connectivity index (χ0v) is 12.0. The summed E-state index contributed by atoms with van der Waals surface area (Å²) in [5.41, 5.74) is 0.770. The molecule has 0 aromatic heterocycles. The third-order valence-corrected chi connectivity index (χ3v) is 6.56. The molecule has 1 aromatic carbocycles. The molecular weight excluding hydrogens is 284 g/mol. The monoisotopic (exact) mass is 298 g/mol. The number of nitrogens with one attached hydrogen (secondary N) is 1. The molecule has 7 heteroatoms. The molecule has 0 aliphatic carbocycles. The Bertz CT molecular complexity index is 630. The van der Waals surface area contributed by atoms with Gasteiger partial charge in [0.05, 0.1) is 30.3 Å². The van der Waals surface area contributed by atoms with Crippen LogP contribution in [0.2, 0.25) is 0 Å². The van der Waals surface area contributed by atoms with Crippen molar-refractivity contribution in [1.29, 1.82) is 5.41 Å². The van der Waals surface area contributed by atoms with E-state index in [1.165, 1.54) is 11.8 Å². The van der Waals surface area contributed by atoms with Crippen LogP contribution >= 0.6 is 11.8 Å². The molecule has 0 amide bonds. The highest BCUT2D eigenvalue weighted by Gasteiger charge is 2.49. The van der Waals surface area contributed by atoms with Gasteiger partial charge in [0.15, 0.2) is 15.0 Å². The Kier molecular flexibility index (Phi) is 2.98. The number of rotatable bonds is 2. The van der Waals surface area contributed by atoms with Crippen molar-refractivity contribution in [3.8, 4) is 5.75 Å². The second-order valence-electron chi connectivity index (χ2n) is 4.65. The van der Waals surface area contributed by atoms with E-state index in [4.69, 9.17) is 10.1 Å². The van der Waals surface area contributed by atoms with Crippen LogP contribution in [0.15, 0.2) is 24.3 Å². The van der Waals surface area contributed by atoms with E-state index in [0.717, 1.165) is 5.69 Å². The van der Waals surface area contributed by atoms with Crippen LogP contribution in [0.25, 0.3) is 0 Å². The molecule has 0 unspecified atom stereocenters. The highest BCUT2D eigenvalue weighted by molar-refractivity contribution is 8.15. The molecule has 2 aliphatic rings. The molecule has 0 saturated carbocycles. The molecule has 1 aromatic rings. The van der Waals surface area contributed by atoms with Crippen LogP contribution in [0, 0.1) is 5.41 Å². The molecule has 1 N–H and O–H groups in total. The largest absolute Gasteiger partial charge is 0.495 e. The van der Waals surface area contributed by atoms with Gasteiger partial charge in [-0.05, 0) is 12.1 Å². The second kappa shape index (κ2) is 4.42. The van der Waals surface area contributed by atoms with Crippen molar-refractivity contribution in [2.75, 3.05) is 23.5 Å². The molecule has 2 aliphatic heterocycles. The number of benzene rings is 1. The Morgan fingerprint density at radius 3 is 2.84 bits per heavy atom. The minimum atomic E-state index is -2.99. The molecule has 0 bridgehead atoms. The third-order valence-electron chi connectivity index (χ3n) is 3.43. The zero-order chi connectivity index (χ0) is 13.6. The van der Waals surface area contributed by atoms with Gasteiger partial charge in [-0.15, -0.1) is 0 Å². The van der Waals surface area contributed by atoms with Crippen LogP contribution in [0.1, 0.15) is 0 Å². The predicted molar refractivity (Wildman–Crippen MR) is 77.0 cm³/mol. The summed E-state index contributed by atoms with van der Waals surface area (Å²) in [5.74, 6) is 0.944. The van der Waals surface area contributed by atoms with Gasteiger partial charge in [-0.2, -0.15) is 0 Å². The van der Waals surface area contributed by atoms with Gasteiger partial charge in [0, 0.05) is 5.25 Å². The molecule has 2 saturated heterocycles. The first-order valence-corrected chi connectivity index (χ1v) is 8.60. The topological polar surface area (TPSA) is 70.5 Å². The fraction of sp³-hybridized carbons (Fsp3) is 0.417. The summed E-state index contributed by atoms with van der Waals surface area (Å²) in [6.07, 6.45) is 0.